The number of aryl methyl sites for hydroxylation is 1. The number of carbonyl (C=O) groups is 1. The first-order valence-electron chi connectivity index (χ1n) is 9.28. The lowest BCUT2D eigenvalue weighted by atomic mass is 10.1. The second-order valence-corrected chi connectivity index (χ2v) is 6.80. The Morgan fingerprint density at radius 3 is 2.42 bits per heavy atom. The molecule has 1 saturated heterocycles. The first kappa shape index (κ1) is 18.2. The Hall–Kier alpha value is -2.64. The van der Waals surface area contributed by atoms with Gasteiger partial charge in [0.1, 0.15) is 0 Å². The summed E-state index contributed by atoms with van der Waals surface area (Å²) in [6, 6.07) is 20.1. The summed E-state index contributed by atoms with van der Waals surface area (Å²) in [5, 5.41) is 8.89. The summed E-state index contributed by atoms with van der Waals surface area (Å²) in [4.78, 5) is 16.9. The maximum Gasteiger partial charge on any atom is 0.222 e. The van der Waals surface area contributed by atoms with Crippen molar-refractivity contribution in [2.75, 3.05) is 26.2 Å². The molecule has 26 heavy (non-hydrogen) atoms. The molecule has 4 heteroatoms. The summed E-state index contributed by atoms with van der Waals surface area (Å²) in [5.74, 6) is 0.258. The van der Waals surface area contributed by atoms with Gasteiger partial charge in [0, 0.05) is 39.1 Å². The van der Waals surface area contributed by atoms with Crippen LogP contribution in [0.15, 0.2) is 54.6 Å². The fraction of sp³-hybridized carbons (Fsp3) is 0.364. The van der Waals surface area contributed by atoms with Crippen molar-refractivity contribution in [3.05, 3.63) is 71.3 Å². The van der Waals surface area contributed by atoms with E-state index >= 15 is 0 Å². The molecule has 0 saturated carbocycles. The number of hydrogen-bond acceptors (Lipinski definition) is 3. The summed E-state index contributed by atoms with van der Waals surface area (Å²) in [6.07, 6.45) is 2.40. The number of carbonyl (C=O) groups excluding carboxylic acids is 1. The molecule has 0 N–H and O–H groups in total. The summed E-state index contributed by atoms with van der Waals surface area (Å²) in [7, 11) is 0. The van der Waals surface area contributed by atoms with Crippen LogP contribution in [0.1, 0.15) is 29.5 Å². The molecule has 1 fully saturated rings. The summed E-state index contributed by atoms with van der Waals surface area (Å²) in [6.45, 7) is 4.42. The monoisotopic (exact) mass is 347 g/mol. The Morgan fingerprint density at radius 2 is 1.69 bits per heavy atom. The van der Waals surface area contributed by atoms with Crippen molar-refractivity contribution >= 4 is 5.91 Å². The molecule has 0 aromatic heterocycles. The standard InChI is InChI=1S/C22H25N3O/c23-17-20-7-9-21(10-8-20)18-24-13-4-14-25(16-15-24)22(26)12-11-19-5-2-1-3-6-19/h1-3,5-10H,4,11-16,18H2. The highest BCUT2D eigenvalue weighted by Gasteiger charge is 2.19. The van der Waals surface area contributed by atoms with Gasteiger partial charge in [0.2, 0.25) is 5.91 Å². The molecule has 0 spiro atoms. The van der Waals surface area contributed by atoms with E-state index in [-0.39, 0.29) is 5.91 Å². The Balaban J connectivity index is 1.47. The molecule has 0 unspecified atom stereocenters. The number of amides is 1. The van der Waals surface area contributed by atoms with Crippen LogP contribution < -0.4 is 0 Å². The van der Waals surface area contributed by atoms with Gasteiger partial charge in [0.05, 0.1) is 11.6 Å². The van der Waals surface area contributed by atoms with Gasteiger partial charge in [-0.1, -0.05) is 42.5 Å². The van der Waals surface area contributed by atoms with E-state index in [2.05, 4.69) is 23.1 Å². The molecular weight excluding hydrogens is 322 g/mol. The van der Waals surface area contributed by atoms with Gasteiger partial charge in [-0.2, -0.15) is 5.26 Å². The summed E-state index contributed by atoms with van der Waals surface area (Å²) < 4.78 is 0. The zero-order valence-electron chi connectivity index (χ0n) is 15.1. The molecule has 1 aliphatic heterocycles. The third-order valence-corrected chi connectivity index (χ3v) is 4.90. The van der Waals surface area contributed by atoms with Crippen molar-refractivity contribution in [3.63, 3.8) is 0 Å². The van der Waals surface area contributed by atoms with Crippen LogP contribution in [0, 0.1) is 11.3 Å². The van der Waals surface area contributed by atoms with Gasteiger partial charge >= 0.3 is 0 Å². The molecule has 2 aromatic rings. The predicted molar refractivity (Wildman–Crippen MR) is 102 cm³/mol. The molecule has 3 rings (SSSR count). The molecule has 134 valence electrons. The van der Waals surface area contributed by atoms with E-state index in [9.17, 15) is 4.79 Å². The lowest BCUT2D eigenvalue weighted by Gasteiger charge is -2.22. The van der Waals surface area contributed by atoms with Crippen molar-refractivity contribution in [2.45, 2.75) is 25.8 Å². The fourth-order valence-electron chi connectivity index (χ4n) is 3.38. The molecule has 0 atom stereocenters. The van der Waals surface area contributed by atoms with Gasteiger partial charge < -0.3 is 4.90 Å². The van der Waals surface area contributed by atoms with Crippen molar-refractivity contribution < 1.29 is 4.79 Å². The molecule has 1 aliphatic rings. The number of benzene rings is 2. The van der Waals surface area contributed by atoms with E-state index in [1.54, 1.807) is 0 Å². The number of nitriles is 1. The Bertz CT molecular complexity index is 749. The lowest BCUT2D eigenvalue weighted by molar-refractivity contribution is -0.131. The van der Waals surface area contributed by atoms with E-state index < -0.39 is 0 Å². The van der Waals surface area contributed by atoms with Gasteiger partial charge in [-0.05, 0) is 36.1 Å². The van der Waals surface area contributed by atoms with Crippen molar-refractivity contribution in [1.29, 1.82) is 5.26 Å². The maximum absolute atomic E-state index is 12.5. The van der Waals surface area contributed by atoms with Crippen molar-refractivity contribution in [1.82, 2.24) is 9.80 Å². The average molecular weight is 347 g/mol. The van der Waals surface area contributed by atoms with E-state index in [4.69, 9.17) is 5.26 Å². The first-order valence-corrected chi connectivity index (χ1v) is 9.28. The van der Waals surface area contributed by atoms with Gasteiger partial charge in [-0.3, -0.25) is 9.69 Å². The highest BCUT2D eigenvalue weighted by Crippen LogP contribution is 2.12. The quantitative estimate of drug-likeness (QED) is 0.834. The van der Waals surface area contributed by atoms with Gasteiger partial charge in [-0.25, -0.2) is 0 Å². The number of nitrogens with zero attached hydrogens (tertiary/aromatic N) is 3. The topological polar surface area (TPSA) is 47.3 Å². The van der Waals surface area contributed by atoms with Crippen LogP contribution in [0.3, 0.4) is 0 Å². The third kappa shape index (κ3) is 5.18. The van der Waals surface area contributed by atoms with Crippen LogP contribution >= 0.6 is 0 Å². The Kier molecular flexibility index (Phi) is 6.40. The normalized spacial score (nSPS) is 15.3. The van der Waals surface area contributed by atoms with E-state index in [0.29, 0.717) is 12.0 Å². The minimum atomic E-state index is 0.258. The molecule has 0 bridgehead atoms. The molecule has 4 nitrogen and oxygen atoms in total. The zero-order valence-corrected chi connectivity index (χ0v) is 15.1. The SMILES string of the molecule is N#Cc1ccc(CN2CCCN(C(=O)CCc3ccccc3)CC2)cc1. The molecule has 1 heterocycles. The molecule has 1 amide bonds. The number of rotatable bonds is 5. The van der Waals surface area contributed by atoms with E-state index in [1.165, 1.54) is 11.1 Å². The minimum Gasteiger partial charge on any atom is -0.341 e. The largest absolute Gasteiger partial charge is 0.341 e. The second-order valence-electron chi connectivity index (χ2n) is 6.80. The molecule has 0 radical (unpaired) electrons. The summed E-state index contributed by atoms with van der Waals surface area (Å²) >= 11 is 0. The molecule has 2 aromatic carbocycles. The highest BCUT2D eigenvalue weighted by atomic mass is 16.2. The smallest absolute Gasteiger partial charge is 0.222 e. The van der Waals surface area contributed by atoms with Crippen LogP contribution in [-0.2, 0) is 17.8 Å². The Morgan fingerprint density at radius 1 is 0.923 bits per heavy atom. The second kappa shape index (κ2) is 9.17. The number of hydrogen-bond donors (Lipinski definition) is 0. The first-order chi connectivity index (χ1) is 12.7. The van der Waals surface area contributed by atoms with E-state index in [0.717, 1.165) is 45.6 Å². The summed E-state index contributed by atoms with van der Waals surface area (Å²) in [5.41, 5.74) is 3.13. The van der Waals surface area contributed by atoms with Crippen molar-refractivity contribution in [2.24, 2.45) is 0 Å². The van der Waals surface area contributed by atoms with E-state index in [1.807, 2.05) is 47.4 Å². The van der Waals surface area contributed by atoms with Gasteiger partial charge in [0.15, 0.2) is 0 Å². The van der Waals surface area contributed by atoms with Gasteiger partial charge in [0.25, 0.3) is 0 Å². The Labute approximate surface area is 155 Å². The van der Waals surface area contributed by atoms with Crippen LogP contribution in [0.4, 0.5) is 0 Å². The minimum absolute atomic E-state index is 0.258. The predicted octanol–water partition coefficient (Wildman–Crippen LogP) is 3.23. The van der Waals surface area contributed by atoms with Crippen LogP contribution in [0.5, 0.6) is 0 Å². The van der Waals surface area contributed by atoms with Gasteiger partial charge in [-0.15, -0.1) is 0 Å². The average Bonchev–Trinajstić information content (AvgIpc) is 2.93. The fourth-order valence-corrected chi connectivity index (χ4v) is 3.38. The molecule has 0 aliphatic carbocycles. The van der Waals surface area contributed by atoms with Crippen molar-refractivity contribution in [3.8, 4) is 6.07 Å². The highest BCUT2D eigenvalue weighted by molar-refractivity contribution is 5.76. The van der Waals surface area contributed by atoms with Crippen LogP contribution in [-0.4, -0.2) is 41.9 Å². The molecular formula is C22H25N3O. The van der Waals surface area contributed by atoms with Crippen LogP contribution in [0.2, 0.25) is 0 Å². The lowest BCUT2D eigenvalue weighted by Crippen LogP contribution is -2.35. The third-order valence-electron chi connectivity index (χ3n) is 4.90. The zero-order chi connectivity index (χ0) is 18.2. The van der Waals surface area contributed by atoms with Crippen LogP contribution in [0.25, 0.3) is 0 Å². The maximum atomic E-state index is 12.5.